The maximum Gasteiger partial charge on any atom is 0.264 e. The summed E-state index contributed by atoms with van der Waals surface area (Å²) >= 11 is 0. The van der Waals surface area contributed by atoms with Gasteiger partial charge in [-0.2, -0.15) is 8.42 Å². The van der Waals surface area contributed by atoms with Crippen molar-refractivity contribution in [1.82, 2.24) is 20.2 Å². The van der Waals surface area contributed by atoms with Crippen molar-refractivity contribution >= 4 is 10.1 Å². The maximum absolute atomic E-state index is 10.7. The van der Waals surface area contributed by atoms with E-state index in [1.807, 2.05) is 13.8 Å². The second kappa shape index (κ2) is 4.67. The van der Waals surface area contributed by atoms with Crippen LogP contribution in [0, 0.1) is 0 Å². The molecule has 15 heavy (non-hydrogen) atoms. The van der Waals surface area contributed by atoms with Crippen LogP contribution in [-0.2, 0) is 20.7 Å². The van der Waals surface area contributed by atoms with Gasteiger partial charge in [0, 0.05) is 6.42 Å². The number of nitrogens with zero attached hydrogens (tertiary/aromatic N) is 4. The molecule has 1 heterocycles. The Morgan fingerprint density at radius 2 is 2.13 bits per heavy atom. The van der Waals surface area contributed by atoms with Gasteiger partial charge >= 0.3 is 0 Å². The lowest BCUT2D eigenvalue weighted by Crippen LogP contribution is -2.12. The molecule has 0 saturated carbocycles. The first-order chi connectivity index (χ1) is 6.90. The summed E-state index contributed by atoms with van der Waals surface area (Å²) in [4.78, 5) is 0. The highest BCUT2D eigenvalue weighted by Gasteiger charge is 2.10. The SMILES string of the molecule is CC(C)n1nnnc1CCOS(C)(=O)=O. The van der Waals surface area contributed by atoms with Gasteiger partial charge < -0.3 is 0 Å². The van der Waals surface area contributed by atoms with Crippen LogP contribution in [0.5, 0.6) is 0 Å². The van der Waals surface area contributed by atoms with Gasteiger partial charge in [-0.15, -0.1) is 5.10 Å². The molecule has 0 aliphatic heterocycles. The molecule has 1 rings (SSSR count). The van der Waals surface area contributed by atoms with Crippen LogP contribution in [0.15, 0.2) is 0 Å². The van der Waals surface area contributed by atoms with Crippen LogP contribution >= 0.6 is 0 Å². The quantitative estimate of drug-likeness (QED) is 0.654. The van der Waals surface area contributed by atoms with Gasteiger partial charge in [-0.25, -0.2) is 4.68 Å². The molecule has 0 atom stereocenters. The molecule has 0 unspecified atom stereocenters. The molecule has 7 nitrogen and oxygen atoms in total. The molecule has 0 amide bonds. The van der Waals surface area contributed by atoms with E-state index in [-0.39, 0.29) is 12.6 Å². The lowest BCUT2D eigenvalue weighted by molar-refractivity contribution is 0.318. The van der Waals surface area contributed by atoms with Crippen molar-refractivity contribution in [2.75, 3.05) is 12.9 Å². The predicted molar refractivity (Wildman–Crippen MR) is 52.7 cm³/mol. The van der Waals surface area contributed by atoms with E-state index in [4.69, 9.17) is 0 Å². The Morgan fingerprint density at radius 1 is 1.47 bits per heavy atom. The van der Waals surface area contributed by atoms with Crippen LogP contribution < -0.4 is 0 Å². The van der Waals surface area contributed by atoms with Crippen LogP contribution in [0.1, 0.15) is 25.7 Å². The van der Waals surface area contributed by atoms with Crippen molar-refractivity contribution in [3.8, 4) is 0 Å². The summed E-state index contributed by atoms with van der Waals surface area (Å²) < 4.78 is 27.6. The summed E-state index contributed by atoms with van der Waals surface area (Å²) in [6, 6.07) is 0.147. The third-order valence-electron chi connectivity index (χ3n) is 1.67. The highest BCUT2D eigenvalue weighted by molar-refractivity contribution is 7.85. The van der Waals surface area contributed by atoms with E-state index in [2.05, 4.69) is 19.7 Å². The lowest BCUT2D eigenvalue weighted by atomic mass is 10.3. The Bertz CT molecular complexity index is 412. The fourth-order valence-corrected chi connectivity index (χ4v) is 1.45. The number of tetrazole rings is 1. The fraction of sp³-hybridized carbons (Fsp3) is 0.857. The van der Waals surface area contributed by atoms with Gasteiger partial charge in [0.25, 0.3) is 10.1 Å². The second-order valence-electron chi connectivity index (χ2n) is 3.41. The third-order valence-corrected chi connectivity index (χ3v) is 2.27. The molecule has 0 spiro atoms. The standard InChI is InChI=1S/C7H14N4O3S/c1-6(2)11-7(8-9-10-11)4-5-14-15(3,12)13/h6H,4-5H2,1-3H3. The summed E-state index contributed by atoms with van der Waals surface area (Å²) in [5, 5.41) is 11.1. The largest absolute Gasteiger partial charge is 0.270 e. The number of rotatable bonds is 5. The minimum absolute atomic E-state index is 0.0614. The monoisotopic (exact) mass is 234 g/mol. The molecule has 0 aliphatic rings. The molecular formula is C7H14N4O3S. The van der Waals surface area contributed by atoms with Gasteiger partial charge in [0.05, 0.1) is 18.9 Å². The number of aromatic nitrogens is 4. The number of hydrogen-bond acceptors (Lipinski definition) is 6. The lowest BCUT2D eigenvalue weighted by Gasteiger charge is -2.06. The zero-order valence-corrected chi connectivity index (χ0v) is 9.73. The third kappa shape index (κ3) is 3.92. The summed E-state index contributed by atoms with van der Waals surface area (Å²) in [6.07, 6.45) is 1.39. The van der Waals surface area contributed by atoms with Crippen molar-refractivity contribution in [2.24, 2.45) is 0 Å². The molecular weight excluding hydrogens is 220 g/mol. The van der Waals surface area contributed by atoms with Crippen molar-refractivity contribution in [3.63, 3.8) is 0 Å². The molecule has 0 N–H and O–H groups in total. The fourth-order valence-electron chi connectivity index (χ4n) is 1.06. The average Bonchev–Trinajstić information content (AvgIpc) is 2.49. The molecule has 0 fully saturated rings. The Balaban J connectivity index is 2.54. The minimum atomic E-state index is -3.39. The topological polar surface area (TPSA) is 87.0 Å². The Morgan fingerprint density at radius 3 is 2.67 bits per heavy atom. The van der Waals surface area contributed by atoms with Gasteiger partial charge in [0.15, 0.2) is 5.82 Å². The van der Waals surface area contributed by atoms with E-state index in [1.54, 1.807) is 4.68 Å². The van der Waals surface area contributed by atoms with Gasteiger partial charge in [-0.1, -0.05) is 0 Å². The predicted octanol–water partition coefficient (Wildman–Crippen LogP) is -0.227. The highest BCUT2D eigenvalue weighted by atomic mass is 32.2. The van der Waals surface area contributed by atoms with E-state index in [1.165, 1.54) is 0 Å². The van der Waals surface area contributed by atoms with Crippen molar-refractivity contribution in [3.05, 3.63) is 5.82 Å². The number of hydrogen-bond donors (Lipinski definition) is 0. The molecule has 0 bridgehead atoms. The highest BCUT2D eigenvalue weighted by Crippen LogP contribution is 2.04. The molecule has 0 radical (unpaired) electrons. The van der Waals surface area contributed by atoms with Crippen molar-refractivity contribution in [1.29, 1.82) is 0 Å². The summed E-state index contributed by atoms with van der Waals surface area (Å²) in [5.74, 6) is 0.619. The second-order valence-corrected chi connectivity index (χ2v) is 5.05. The van der Waals surface area contributed by atoms with Crippen LogP contribution in [0.25, 0.3) is 0 Å². The van der Waals surface area contributed by atoms with E-state index in [0.29, 0.717) is 12.2 Å². The summed E-state index contributed by atoms with van der Waals surface area (Å²) in [5.41, 5.74) is 0. The summed E-state index contributed by atoms with van der Waals surface area (Å²) in [7, 11) is -3.39. The normalized spacial score (nSPS) is 12.3. The molecule has 0 aromatic carbocycles. The molecule has 1 aromatic rings. The minimum Gasteiger partial charge on any atom is -0.270 e. The Labute approximate surface area is 88.6 Å². The molecule has 86 valence electrons. The average molecular weight is 234 g/mol. The zero-order chi connectivity index (χ0) is 11.5. The Kier molecular flexibility index (Phi) is 3.75. The van der Waals surface area contributed by atoms with E-state index >= 15 is 0 Å². The van der Waals surface area contributed by atoms with Crippen LogP contribution in [0.4, 0.5) is 0 Å². The van der Waals surface area contributed by atoms with Crippen molar-refractivity contribution in [2.45, 2.75) is 26.3 Å². The van der Waals surface area contributed by atoms with Crippen LogP contribution in [-0.4, -0.2) is 41.5 Å². The van der Waals surface area contributed by atoms with Gasteiger partial charge in [-0.3, -0.25) is 4.18 Å². The molecule has 0 aliphatic carbocycles. The first-order valence-electron chi connectivity index (χ1n) is 4.51. The van der Waals surface area contributed by atoms with E-state index in [9.17, 15) is 8.42 Å². The first-order valence-corrected chi connectivity index (χ1v) is 6.33. The van der Waals surface area contributed by atoms with E-state index < -0.39 is 10.1 Å². The van der Waals surface area contributed by atoms with E-state index in [0.717, 1.165) is 6.26 Å². The molecule has 8 heteroatoms. The van der Waals surface area contributed by atoms with Gasteiger partial charge in [-0.05, 0) is 24.3 Å². The smallest absolute Gasteiger partial charge is 0.264 e. The van der Waals surface area contributed by atoms with Crippen LogP contribution in [0.3, 0.4) is 0 Å². The zero-order valence-electron chi connectivity index (χ0n) is 8.91. The van der Waals surface area contributed by atoms with Crippen LogP contribution in [0.2, 0.25) is 0 Å². The maximum atomic E-state index is 10.7. The Hall–Kier alpha value is -1.02. The molecule has 1 aromatic heterocycles. The first kappa shape index (κ1) is 12.1. The summed E-state index contributed by atoms with van der Waals surface area (Å²) in [6.45, 7) is 3.94. The van der Waals surface area contributed by atoms with Crippen molar-refractivity contribution < 1.29 is 12.6 Å². The van der Waals surface area contributed by atoms with Gasteiger partial charge in [0.2, 0.25) is 0 Å². The van der Waals surface area contributed by atoms with Gasteiger partial charge in [0.1, 0.15) is 0 Å². The molecule has 0 saturated heterocycles.